The van der Waals surface area contributed by atoms with Gasteiger partial charge in [0.25, 0.3) is 5.91 Å². The Kier molecular flexibility index (Phi) is 6.32. The van der Waals surface area contributed by atoms with Crippen molar-refractivity contribution < 1.29 is 14.3 Å². The largest absolute Gasteiger partial charge is 0.451 e. The summed E-state index contributed by atoms with van der Waals surface area (Å²) in [5.74, 6) is 0.421. The van der Waals surface area contributed by atoms with Crippen LogP contribution >= 0.6 is 11.3 Å². The molecule has 4 nitrogen and oxygen atoms in total. The Morgan fingerprint density at radius 2 is 2.00 bits per heavy atom. The lowest BCUT2D eigenvalue weighted by molar-refractivity contribution is -0.119. The minimum absolute atomic E-state index is 0.273. The smallest absolute Gasteiger partial charge is 0.348 e. The standard InChI is InChI=1S/C22H27NO3S/c1-4-15-5-10-19-17(11-15)12-20(27-19)22(25)26-13-21(24)23-18-8-6-16(7-9-18)14(2)3/h6-9,12,14-15H,4-5,10-11,13H2,1-3H3,(H,23,24)/t15-/m0/s1. The highest BCUT2D eigenvalue weighted by Gasteiger charge is 2.23. The molecule has 27 heavy (non-hydrogen) atoms. The van der Waals surface area contributed by atoms with E-state index >= 15 is 0 Å². The summed E-state index contributed by atoms with van der Waals surface area (Å²) < 4.78 is 5.21. The molecule has 1 atom stereocenters. The average molecular weight is 386 g/mol. The van der Waals surface area contributed by atoms with Crippen molar-refractivity contribution in [1.82, 2.24) is 0 Å². The van der Waals surface area contributed by atoms with Gasteiger partial charge in [-0.1, -0.05) is 39.3 Å². The fourth-order valence-electron chi connectivity index (χ4n) is 3.40. The summed E-state index contributed by atoms with van der Waals surface area (Å²) in [7, 11) is 0. The number of benzene rings is 1. The van der Waals surface area contributed by atoms with Gasteiger partial charge in [-0.05, 0) is 60.4 Å². The Balaban J connectivity index is 1.51. The van der Waals surface area contributed by atoms with Crippen molar-refractivity contribution in [2.45, 2.75) is 52.4 Å². The Morgan fingerprint density at radius 1 is 1.26 bits per heavy atom. The molecule has 0 spiro atoms. The fraction of sp³-hybridized carbons (Fsp3) is 0.455. The Morgan fingerprint density at radius 3 is 2.67 bits per heavy atom. The van der Waals surface area contributed by atoms with E-state index in [1.54, 1.807) is 0 Å². The number of ether oxygens (including phenoxy) is 1. The van der Waals surface area contributed by atoms with Crippen molar-refractivity contribution in [3.63, 3.8) is 0 Å². The minimum Gasteiger partial charge on any atom is -0.451 e. The van der Waals surface area contributed by atoms with Gasteiger partial charge in [0.2, 0.25) is 0 Å². The number of thiophene rings is 1. The van der Waals surface area contributed by atoms with Crippen LogP contribution in [-0.4, -0.2) is 18.5 Å². The van der Waals surface area contributed by atoms with Crippen LogP contribution in [0.4, 0.5) is 5.69 Å². The van der Waals surface area contributed by atoms with Gasteiger partial charge in [0.1, 0.15) is 4.88 Å². The van der Waals surface area contributed by atoms with E-state index in [1.807, 2.05) is 30.3 Å². The van der Waals surface area contributed by atoms with Crippen LogP contribution in [-0.2, 0) is 22.4 Å². The van der Waals surface area contributed by atoms with E-state index < -0.39 is 5.97 Å². The third-order valence-corrected chi connectivity index (χ3v) is 6.38. The number of esters is 1. The van der Waals surface area contributed by atoms with Crippen LogP contribution in [0.15, 0.2) is 30.3 Å². The van der Waals surface area contributed by atoms with Gasteiger partial charge in [0.05, 0.1) is 0 Å². The predicted molar refractivity (Wildman–Crippen MR) is 110 cm³/mol. The van der Waals surface area contributed by atoms with Gasteiger partial charge in [-0.15, -0.1) is 11.3 Å². The summed E-state index contributed by atoms with van der Waals surface area (Å²) in [6, 6.07) is 9.67. The molecule has 0 radical (unpaired) electrons. The number of hydrogen-bond acceptors (Lipinski definition) is 4. The maximum atomic E-state index is 12.3. The summed E-state index contributed by atoms with van der Waals surface area (Å²) in [6.07, 6.45) is 4.45. The van der Waals surface area contributed by atoms with Crippen molar-refractivity contribution in [2.75, 3.05) is 11.9 Å². The van der Waals surface area contributed by atoms with Crippen molar-refractivity contribution in [3.05, 3.63) is 51.2 Å². The van der Waals surface area contributed by atoms with Crippen LogP contribution in [0.3, 0.4) is 0 Å². The van der Waals surface area contributed by atoms with Gasteiger partial charge >= 0.3 is 5.97 Å². The lowest BCUT2D eigenvalue weighted by Crippen LogP contribution is -2.20. The predicted octanol–water partition coefficient (Wildman–Crippen LogP) is 5.18. The van der Waals surface area contributed by atoms with Crippen molar-refractivity contribution in [1.29, 1.82) is 0 Å². The topological polar surface area (TPSA) is 55.4 Å². The van der Waals surface area contributed by atoms with Crippen molar-refractivity contribution in [3.8, 4) is 0 Å². The molecule has 1 amide bonds. The third-order valence-electron chi connectivity index (χ3n) is 5.16. The minimum atomic E-state index is -0.409. The van der Waals surface area contributed by atoms with E-state index in [4.69, 9.17) is 4.74 Å². The van der Waals surface area contributed by atoms with E-state index in [0.29, 0.717) is 22.4 Å². The van der Waals surface area contributed by atoms with Crippen LogP contribution in [0.2, 0.25) is 0 Å². The average Bonchev–Trinajstić information content (AvgIpc) is 3.09. The highest BCUT2D eigenvalue weighted by Crippen LogP contribution is 2.33. The van der Waals surface area contributed by atoms with Gasteiger partial charge in [-0.2, -0.15) is 0 Å². The number of nitrogens with one attached hydrogen (secondary N) is 1. The molecule has 0 bridgehead atoms. The lowest BCUT2D eigenvalue weighted by Gasteiger charge is -2.19. The summed E-state index contributed by atoms with van der Waals surface area (Å²) in [5.41, 5.74) is 3.20. The Labute approximate surface area is 164 Å². The van der Waals surface area contributed by atoms with Crippen LogP contribution in [0.1, 0.15) is 65.2 Å². The van der Waals surface area contributed by atoms with Crippen molar-refractivity contribution >= 4 is 28.9 Å². The number of hydrogen-bond donors (Lipinski definition) is 1. The van der Waals surface area contributed by atoms with Gasteiger partial charge in [0.15, 0.2) is 6.61 Å². The first kappa shape index (κ1) is 19.6. The quantitative estimate of drug-likeness (QED) is 0.697. The first-order valence-corrected chi connectivity index (χ1v) is 10.5. The number of carbonyl (C=O) groups excluding carboxylic acids is 2. The molecule has 1 aromatic heterocycles. The molecule has 0 saturated carbocycles. The zero-order valence-electron chi connectivity index (χ0n) is 16.2. The molecule has 1 aliphatic rings. The molecule has 144 valence electrons. The van der Waals surface area contributed by atoms with Gasteiger partial charge in [0, 0.05) is 10.6 Å². The molecule has 1 N–H and O–H groups in total. The Bertz CT molecular complexity index is 807. The molecule has 0 unspecified atom stereocenters. The summed E-state index contributed by atoms with van der Waals surface area (Å²) in [6.45, 7) is 6.19. The SMILES string of the molecule is CC[C@H]1CCc2sc(C(=O)OCC(=O)Nc3ccc(C(C)C)cc3)cc2C1. The summed E-state index contributed by atoms with van der Waals surface area (Å²) >= 11 is 1.51. The van der Waals surface area contributed by atoms with Crippen molar-refractivity contribution in [2.24, 2.45) is 5.92 Å². The number of aryl methyl sites for hydroxylation is 1. The second kappa shape index (κ2) is 8.70. The highest BCUT2D eigenvalue weighted by molar-refractivity contribution is 7.14. The number of carbonyl (C=O) groups is 2. The molecule has 3 rings (SSSR count). The molecular formula is C22H27NO3S. The van der Waals surface area contributed by atoms with E-state index in [9.17, 15) is 9.59 Å². The van der Waals surface area contributed by atoms with Gasteiger partial charge in [-0.25, -0.2) is 4.79 Å². The second-order valence-corrected chi connectivity index (χ2v) is 8.61. The maximum Gasteiger partial charge on any atom is 0.348 e. The lowest BCUT2D eigenvalue weighted by atomic mass is 9.87. The zero-order chi connectivity index (χ0) is 19.4. The first-order valence-electron chi connectivity index (χ1n) is 9.64. The molecule has 1 aromatic carbocycles. The molecule has 0 saturated heterocycles. The molecule has 0 aliphatic heterocycles. The van der Waals surface area contributed by atoms with Gasteiger partial charge in [-0.3, -0.25) is 4.79 Å². The molecular weight excluding hydrogens is 358 g/mol. The second-order valence-electron chi connectivity index (χ2n) is 7.48. The molecule has 5 heteroatoms. The highest BCUT2D eigenvalue weighted by atomic mass is 32.1. The fourth-order valence-corrected chi connectivity index (χ4v) is 4.50. The number of amides is 1. The number of anilines is 1. The third kappa shape index (κ3) is 4.98. The first-order chi connectivity index (χ1) is 13.0. The van der Waals surface area contributed by atoms with E-state index in [0.717, 1.165) is 12.8 Å². The normalized spacial score (nSPS) is 16.1. The molecule has 0 fully saturated rings. The zero-order valence-corrected chi connectivity index (χ0v) is 17.0. The number of rotatable bonds is 6. The van der Waals surface area contributed by atoms with Crippen LogP contribution in [0, 0.1) is 5.92 Å². The molecule has 1 heterocycles. The Hall–Kier alpha value is -2.14. The van der Waals surface area contributed by atoms with Crippen LogP contribution in [0.25, 0.3) is 0 Å². The van der Waals surface area contributed by atoms with Crippen LogP contribution in [0.5, 0.6) is 0 Å². The monoisotopic (exact) mass is 385 g/mol. The molecule has 2 aromatic rings. The number of fused-ring (bicyclic) bond motifs is 1. The van der Waals surface area contributed by atoms with Gasteiger partial charge < -0.3 is 10.1 Å². The molecule has 1 aliphatic carbocycles. The van der Waals surface area contributed by atoms with E-state index in [2.05, 4.69) is 26.1 Å². The van der Waals surface area contributed by atoms with Crippen LogP contribution < -0.4 is 5.32 Å². The van der Waals surface area contributed by atoms with E-state index in [-0.39, 0.29) is 12.5 Å². The maximum absolute atomic E-state index is 12.3. The summed E-state index contributed by atoms with van der Waals surface area (Å²) in [5, 5.41) is 2.76. The van der Waals surface area contributed by atoms with E-state index in [1.165, 1.54) is 40.2 Å². The summed E-state index contributed by atoms with van der Waals surface area (Å²) in [4.78, 5) is 26.3.